The predicted octanol–water partition coefficient (Wildman–Crippen LogP) is 2.62. The van der Waals surface area contributed by atoms with Crippen LogP contribution < -0.4 is 5.32 Å². The van der Waals surface area contributed by atoms with Crippen molar-refractivity contribution in [3.63, 3.8) is 0 Å². The second-order valence-electron chi connectivity index (χ2n) is 6.20. The van der Waals surface area contributed by atoms with Gasteiger partial charge in [-0.25, -0.2) is 0 Å². The molecular formula is C16H30N2O2S2. The summed E-state index contributed by atoms with van der Waals surface area (Å²) in [6.45, 7) is 4.74. The van der Waals surface area contributed by atoms with Crippen molar-refractivity contribution in [2.75, 3.05) is 26.1 Å². The second-order valence-corrected chi connectivity index (χ2v) is 8.56. The van der Waals surface area contributed by atoms with Crippen molar-refractivity contribution in [3.05, 3.63) is 0 Å². The van der Waals surface area contributed by atoms with E-state index in [-0.39, 0.29) is 22.3 Å². The molecule has 0 aromatic carbocycles. The Labute approximate surface area is 143 Å². The first kappa shape index (κ1) is 19.7. The van der Waals surface area contributed by atoms with E-state index in [1.165, 1.54) is 0 Å². The third-order valence-electron chi connectivity index (χ3n) is 4.53. The number of amides is 2. The van der Waals surface area contributed by atoms with Crippen molar-refractivity contribution in [2.45, 2.75) is 56.1 Å². The number of nitrogens with one attached hydrogen (secondary N) is 1. The maximum Gasteiger partial charge on any atom is 0.235 e. The molecule has 0 unspecified atom stereocenters. The zero-order valence-corrected chi connectivity index (χ0v) is 16.1. The number of hydrogen-bond donors (Lipinski definition) is 1. The zero-order chi connectivity index (χ0) is 16.7. The van der Waals surface area contributed by atoms with Crippen LogP contribution in [-0.2, 0) is 9.59 Å². The monoisotopic (exact) mass is 346 g/mol. The highest BCUT2D eigenvalue weighted by molar-refractivity contribution is 8.00. The molecule has 0 saturated heterocycles. The van der Waals surface area contributed by atoms with Gasteiger partial charge in [0.25, 0.3) is 0 Å². The van der Waals surface area contributed by atoms with Gasteiger partial charge in [0.05, 0.1) is 10.5 Å². The molecule has 22 heavy (non-hydrogen) atoms. The Hall–Kier alpha value is -0.360. The molecule has 1 aliphatic carbocycles. The highest BCUT2D eigenvalue weighted by Crippen LogP contribution is 2.25. The molecule has 1 fully saturated rings. The third kappa shape index (κ3) is 6.03. The molecular weight excluding hydrogens is 316 g/mol. The average Bonchev–Trinajstić information content (AvgIpc) is 2.54. The first-order chi connectivity index (χ1) is 10.4. The van der Waals surface area contributed by atoms with Gasteiger partial charge in [-0.2, -0.15) is 23.5 Å². The number of thioether (sulfide) groups is 2. The van der Waals surface area contributed by atoms with Crippen LogP contribution in [0.5, 0.6) is 0 Å². The minimum absolute atomic E-state index is 0.0227. The van der Waals surface area contributed by atoms with Gasteiger partial charge in [-0.1, -0.05) is 0 Å². The summed E-state index contributed by atoms with van der Waals surface area (Å²) in [6, 6.07) is 0.310. The Bertz CT molecular complexity index is 371. The van der Waals surface area contributed by atoms with Crippen LogP contribution in [0.1, 0.15) is 39.5 Å². The van der Waals surface area contributed by atoms with Crippen molar-refractivity contribution >= 4 is 35.3 Å². The lowest BCUT2D eigenvalue weighted by Gasteiger charge is -2.32. The Kier molecular flexibility index (Phi) is 8.69. The van der Waals surface area contributed by atoms with Gasteiger partial charge in [0.15, 0.2) is 0 Å². The Morgan fingerprint density at radius 2 is 1.64 bits per heavy atom. The smallest absolute Gasteiger partial charge is 0.235 e. The quantitative estimate of drug-likeness (QED) is 0.770. The Morgan fingerprint density at radius 1 is 1.09 bits per heavy atom. The summed E-state index contributed by atoms with van der Waals surface area (Å²) in [5.74, 6) is 0.933. The molecule has 1 rings (SSSR count). The predicted molar refractivity (Wildman–Crippen MR) is 97.5 cm³/mol. The molecule has 1 saturated carbocycles. The minimum Gasteiger partial charge on any atom is -0.352 e. The summed E-state index contributed by atoms with van der Waals surface area (Å²) >= 11 is 3.17. The number of carbonyl (C=O) groups is 2. The van der Waals surface area contributed by atoms with Gasteiger partial charge in [0.1, 0.15) is 0 Å². The summed E-state index contributed by atoms with van der Waals surface area (Å²) in [6.07, 6.45) is 8.16. The van der Waals surface area contributed by atoms with Gasteiger partial charge in [0, 0.05) is 19.6 Å². The maximum absolute atomic E-state index is 12.1. The van der Waals surface area contributed by atoms with Gasteiger partial charge in [-0.05, 0) is 58.0 Å². The number of carbonyl (C=O) groups excluding carboxylic acids is 2. The van der Waals surface area contributed by atoms with Crippen LogP contribution >= 0.6 is 23.5 Å². The van der Waals surface area contributed by atoms with E-state index in [9.17, 15) is 9.59 Å². The first-order valence-corrected chi connectivity index (χ1v) is 10.6. The van der Waals surface area contributed by atoms with Crippen molar-refractivity contribution in [1.82, 2.24) is 10.2 Å². The van der Waals surface area contributed by atoms with Crippen molar-refractivity contribution < 1.29 is 9.59 Å². The molecule has 1 aliphatic rings. The Morgan fingerprint density at radius 3 is 2.14 bits per heavy atom. The normalized spacial score (nSPS) is 24.4. The van der Waals surface area contributed by atoms with E-state index in [1.807, 2.05) is 38.3 Å². The molecule has 1 N–H and O–H groups in total. The van der Waals surface area contributed by atoms with E-state index in [0.717, 1.165) is 32.2 Å². The average molecular weight is 347 g/mol. The highest BCUT2D eigenvalue weighted by atomic mass is 32.2. The molecule has 0 aliphatic heterocycles. The first-order valence-electron chi connectivity index (χ1n) is 8.00. The van der Waals surface area contributed by atoms with Gasteiger partial charge in [-0.15, -0.1) is 0 Å². The van der Waals surface area contributed by atoms with Crippen LogP contribution in [-0.4, -0.2) is 59.4 Å². The fourth-order valence-corrected chi connectivity index (χ4v) is 3.47. The lowest BCUT2D eigenvalue weighted by Crippen LogP contribution is -2.43. The summed E-state index contributed by atoms with van der Waals surface area (Å²) in [7, 11) is 1.91. The molecule has 4 nitrogen and oxygen atoms in total. The largest absolute Gasteiger partial charge is 0.352 e. The molecule has 128 valence electrons. The lowest BCUT2D eigenvalue weighted by molar-refractivity contribution is -0.129. The SMILES string of the molecule is CS[C@@H](C)C(=O)NC1CCC(CN(C)C(=O)[C@@H](C)SC)CC1. The summed E-state index contributed by atoms with van der Waals surface area (Å²) in [4.78, 5) is 25.9. The fourth-order valence-electron chi connectivity index (χ4n) is 2.80. The van der Waals surface area contributed by atoms with Gasteiger partial charge in [0.2, 0.25) is 11.8 Å². The van der Waals surface area contributed by atoms with E-state index in [2.05, 4.69) is 5.32 Å². The van der Waals surface area contributed by atoms with E-state index in [1.54, 1.807) is 23.5 Å². The van der Waals surface area contributed by atoms with E-state index in [0.29, 0.717) is 12.0 Å². The highest BCUT2D eigenvalue weighted by Gasteiger charge is 2.26. The maximum atomic E-state index is 12.1. The number of nitrogens with zero attached hydrogens (tertiary/aromatic N) is 1. The topological polar surface area (TPSA) is 49.4 Å². The van der Waals surface area contributed by atoms with Crippen molar-refractivity contribution in [1.29, 1.82) is 0 Å². The molecule has 2 atom stereocenters. The summed E-state index contributed by atoms with van der Waals surface area (Å²) < 4.78 is 0. The molecule has 0 aromatic rings. The molecule has 6 heteroatoms. The van der Waals surface area contributed by atoms with Crippen molar-refractivity contribution in [2.24, 2.45) is 5.92 Å². The van der Waals surface area contributed by atoms with E-state index >= 15 is 0 Å². The summed E-state index contributed by atoms with van der Waals surface area (Å²) in [5, 5.41) is 3.21. The van der Waals surface area contributed by atoms with Crippen LogP contribution in [0.3, 0.4) is 0 Å². The third-order valence-corrected chi connectivity index (χ3v) is 6.36. The van der Waals surface area contributed by atoms with Crippen LogP contribution in [0.25, 0.3) is 0 Å². The van der Waals surface area contributed by atoms with Crippen LogP contribution in [0.2, 0.25) is 0 Å². The van der Waals surface area contributed by atoms with E-state index in [4.69, 9.17) is 0 Å². The van der Waals surface area contributed by atoms with Crippen molar-refractivity contribution in [3.8, 4) is 0 Å². The van der Waals surface area contributed by atoms with Crippen LogP contribution in [0.4, 0.5) is 0 Å². The minimum atomic E-state index is 0.0227. The molecule has 0 heterocycles. The number of hydrogen-bond acceptors (Lipinski definition) is 4. The second kappa shape index (κ2) is 9.71. The van der Waals surface area contributed by atoms with E-state index < -0.39 is 0 Å². The van der Waals surface area contributed by atoms with Gasteiger partial charge < -0.3 is 10.2 Å². The van der Waals surface area contributed by atoms with Crippen LogP contribution in [0.15, 0.2) is 0 Å². The number of rotatable bonds is 7. The van der Waals surface area contributed by atoms with Gasteiger partial charge >= 0.3 is 0 Å². The summed E-state index contributed by atoms with van der Waals surface area (Å²) in [5.41, 5.74) is 0. The zero-order valence-electron chi connectivity index (χ0n) is 14.4. The Balaban J connectivity index is 2.33. The molecule has 0 bridgehead atoms. The fraction of sp³-hybridized carbons (Fsp3) is 0.875. The molecule has 0 spiro atoms. The lowest BCUT2D eigenvalue weighted by atomic mass is 9.85. The van der Waals surface area contributed by atoms with Crippen LogP contribution in [0, 0.1) is 5.92 Å². The molecule has 0 aromatic heterocycles. The van der Waals surface area contributed by atoms with Gasteiger partial charge in [-0.3, -0.25) is 9.59 Å². The molecule has 2 amide bonds. The molecule has 0 radical (unpaired) electrons. The standard InChI is InChI=1S/C16H30N2O2S2/c1-11(21-4)15(19)17-14-8-6-13(7-9-14)10-18(3)16(20)12(2)22-5/h11-14H,6-10H2,1-5H3,(H,17,19)/t11-,12+,13?,14?/m0/s1.